The quantitative estimate of drug-likeness (QED) is 0.781. The number of benzene rings is 1. The summed E-state index contributed by atoms with van der Waals surface area (Å²) in [6, 6.07) is 9.63. The van der Waals surface area contributed by atoms with Crippen LogP contribution < -0.4 is 5.32 Å². The number of carboxylic acid groups (broad SMARTS) is 1. The number of alkyl halides is 1. The molecule has 0 saturated carbocycles. The molecule has 0 fully saturated rings. The Balaban J connectivity index is 2.53. The summed E-state index contributed by atoms with van der Waals surface area (Å²) in [7, 11) is 0. The number of carbonyl (C=O) groups is 2. The van der Waals surface area contributed by atoms with E-state index in [0.717, 1.165) is 5.56 Å². The number of nitrogens with one attached hydrogen (secondary N) is 1. The Morgan fingerprint density at radius 1 is 1.29 bits per heavy atom. The van der Waals surface area contributed by atoms with Gasteiger partial charge in [-0.2, -0.15) is 0 Å². The largest absolute Gasteiger partial charge is 0.480 e. The Morgan fingerprint density at radius 2 is 1.94 bits per heavy atom. The second-order valence-electron chi connectivity index (χ2n) is 3.65. The molecular weight excluding hydrogens is 286 g/mol. The van der Waals surface area contributed by atoms with Crippen molar-refractivity contribution in [2.75, 3.05) is 11.9 Å². The van der Waals surface area contributed by atoms with Crippen molar-refractivity contribution in [2.45, 2.75) is 6.42 Å². The van der Waals surface area contributed by atoms with Crippen molar-refractivity contribution >= 4 is 27.8 Å². The maximum atomic E-state index is 11.7. The fraction of sp³-hybridized carbons (Fsp3) is 0.333. The molecular formula is C12H14BrNO3. The Labute approximate surface area is 108 Å². The van der Waals surface area contributed by atoms with Gasteiger partial charge in [0.25, 0.3) is 0 Å². The molecule has 5 heteroatoms. The van der Waals surface area contributed by atoms with Crippen LogP contribution in [0.25, 0.3) is 0 Å². The molecule has 0 aliphatic heterocycles. The van der Waals surface area contributed by atoms with E-state index in [9.17, 15) is 9.59 Å². The molecule has 0 radical (unpaired) electrons. The molecule has 4 nitrogen and oxygen atoms in total. The van der Waals surface area contributed by atoms with Crippen molar-refractivity contribution in [1.29, 1.82) is 0 Å². The highest BCUT2D eigenvalue weighted by molar-refractivity contribution is 9.09. The Hall–Kier alpha value is -1.36. The van der Waals surface area contributed by atoms with Gasteiger partial charge in [-0.1, -0.05) is 46.3 Å². The first-order valence-corrected chi connectivity index (χ1v) is 6.35. The molecule has 0 aliphatic carbocycles. The second-order valence-corrected chi connectivity index (χ2v) is 4.30. The van der Waals surface area contributed by atoms with Crippen molar-refractivity contribution in [1.82, 2.24) is 5.32 Å². The zero-order valence-corrected chi connectivity index (χ0v) is 10.8. The minimum Gasteiger partial charge on any atom is -0.480 e. The molecule has 92 valence electrons. The highest BCUT2D eigenvalue weighted by Gasteiger charge is 2.17. The first kappa shape index (κ1) is 13.7. The van der Waals surface area contributed by atoms with Crippen LogP contribution in [0.3, 0.4) is 0 Å². The summed E-state index contributed by atoms with van der Waals surface area (Å²) in [5.41, 5.74) is 1.06. The van der Waals surface area contributed by atoms with E-state index in [-0.39, 0.29) is 18.4 Å². The van der Waals surface area contributed by atoms with E-state index in [2.05, 4.69) is 21.2 Å². The van der Waals surface area contributed by atoms with Crippen molar-refractivity contribution < 1.29 is 14.7 Å². The number of hydrogen-bond acceptors (Lipinski definition) is 2. The first-order valence-electron chi connectivity index (χ1n) is 5.23. The van der Waals surface area contributed by atoms with Crippen molar-refractivity contribution in [2.24, 2.45) is 5.92 Å². The average molecular weight is 300 g/mol. The van der Waals surface area contributed by atoms with E-state index in [1.165, 1.54) is 0 Å². The lowest BCUT2D eigenvalue weighted by Gasteiger charge is -2.13. The number of carboxylic acids is 1. The maximum Gasteiger partial charge on any atom is 0.322 e. The summed E-state index contributed by atoms with van der Waals surface area (Å²) < 4.78 is 0. The lowest BCUT2D eigenvalue weighted by Crippen LogP contribution is -2.36. The Kier molecular flexibility index (Phi) is 5.69. The summed E-state index contributed by atoms with van der Waals surface area (Å²) in [6.45, 7) is -0.336. The average Bonchev–Trinajstić information content (AvgIpc) is 2.34. The van der Waals surface area contributed by atoms with Crippen LogP contribution in [-0.4, -0.2) is 28.9 Å². The topological polar surface area (TPSA) is 66.4 Å². The SMILES string of the molecule is O=C(O)CNC(=O)C(CBr)Cc1ccccc1. The van der Waals surface area contributed by atoms with Crippen molar-refractivity contribution in [3.05, 3.63) is 35.9 Å². The highest BCUT2D eigenvalue weighted by atomic mass is 79.9. The molecule has 17 heavy (non-hydrogen) atoms. The maximum absolute atomic E-state index is 11.7. The lowest BCUT2D eigenvalue weighted by atomic mass is 10.0. The number of hydrogen-bond donors (Lipinski definition) is 2. The number of aliphatic carboxylic acids is 1. The second kappa shape index (κ2) is 7.06. The van der Waals surface area contributed by atoms with Gasteiger partial charge in [-0.3, -0.25) is 9.59 Å². The molecule has 1 unspecified atom stereocenters. The van der Waals surface area contributed by atoms with Crippen LogP contribution in [-0.2, 0) is 16.0 Å². The van der Waals surface area contributed by atoms with Gasteiger partial charge in [0.05, 0.1) is 5.92 Å². The molecule has 1 amide bonds. The lowest BCUT2D eigenvalue weighted by molar-refractivity contribution is -0.138. The number of amides is 1. The van der Waals surface area contributed by atoms with Gasteiger partial charge in [0.2, 0.25) is 5.91 Å². The minimum absolute atomic E-state index is 0.242. The Bertz CT molecular complexity index is 381. The van der Waals surface area contributed by atoms with Gasteiger partial charge in [-0.05, 0) is 12.0 Å². The third-order valence-corrected chi connectivity index (χ3v) is 3.08. The summed E-state index contributed by atoms with van der Waals surface area (Å²) >= 11 is 3.27. The van der Waals surface area contributed by atoms with Crippen LogP contribution in [0.4, 0.5) is 0 Å². The number of carbonyl (C=O) groups excluding carboxylic acids is 1. The van der Waals surface area contributed by atoms with Crippen LogP contribution in [0.1, 0.15) is 5.56 Å². The van der Waals surface area contributed by atoms with Gasteiger partial charge in [0.1, 0.15) is 6.54 Å². The van der Waals surface area contributed by atoms with Gasteiger partial charge >= 0.3 is 5.97 Å². The van der Waals surface area contributed by atoms with Crippen LogP contribution in [0.15, 0.2) is 30.3 Å². The standard InChI is InChI=1S/C12H14BrNO3/c13-7-10(12(17)14-8-11(15)16)6-9-4-2-1-3-5-9/h1-5,10H,6-8H2,(H,14,17)(H,15,16). The third-order valence-electron chi connectivity index (χ3n) is 2.30. The van der Waals surface area contributed by atoms with E-state index < -0.39 is 5.97 Å². The van der Waals surface area contributed by atoms with Crippen LogP contribution in [0.2, 0.25) is 0 Å². The molecule has 2 N–H and O–H groups in total. The zero-order chi connectivity index (χ0) is 12.7. The summed E-state index contributed by atoms with van der Waals surface area (Å²) in [4.78, 5) is 22.0. The van der Waals surface area contributed by atoms with Crippen molar-refractivity contribution in [3.8, 4) is 0 Å². The van der Waals surface area contributed by atoms with Gasteiger partial charge in [-0.15, -0.1) is 0 Å². The molecule has 0 heterocycles. The van der Waals surface area contributed by atoms with Crippen LogP contribution in [0.5, 0.6) is 0 Å². The summed E-state index contributed by atoms with van der Waals surface area (Å²) in [5.74, 6) is -1.53. The minimum atomic E-state index is -1.04. The zero-order valence-electron chi connectivity index (χ0n) is 9.23. The van der Waals surface area contributed by atoms with E-state index >= 15 is 0 Å². The normalized spacial score (nSPS) is 11.8. The van der Waals surface area contributed by atoms with E-state index in [4.69, 9.17) is 5.11 Å². The summed E-state index contributed by atoms with van der Waals surface area (Å²) in [6.07, 6.45) is 0.595. The fourth-order valence-electron chi connectivity index (χ4n) is 1.42. The monoisotopic (exact) mass is 299 g/mol. The predicted octanol–water partition coefficient (Wildman–Crippen LogP) is 1.44. The molecule has 0 aromatic heterocycles. The molecule has 0 aliphatic rings. The Morgan fingerprint density at radius 3 is 2.47 bits per heavy atom. The molecule has 0 bridgehead atoms. The van der Waals surface area contributed by atoms with Crippen LogP contribution in [0, 0.1) is 5.92 Å². The molecule has 1 rings (SSSR count). The van der Waals surface area contributed by atoms with Gasteiger partial charge in [0.15, 0.2) is 0 Å². The highest BCUT2D eigenvalue weighted by Crippen LogP contribution is 2.11. The van der Waals surface area contributed by atoms with E-state index in [0.29, 0.717) is 11.8 Å². The molecule has 0 spiro atoms. The number of halogens is 1. The summed E-state index contributed by atoms with van der Waals surface area (Å²) in [5, 5.41) is 11.4. The predicted molar refractivity (Wildman–Crippen MR) is 68.1 cm³/mol. The molecule has 0 saturated heterocycles. The third kappa shape index (κ3) is 4.99. The van der Waals surface area contributed by atoms with Crippen LogP contribution >= 0.6 is 15.9 Å². The van der Waals surface area contributed by atoms with Gasteiger partial charge in [0, 0.05) is 5.33 Å². The van der Waals surface area contributed by atoms with E-state index in [1.807, 2.05) is 30.3 Å². The van der Waals surface area contributed by atoms with E-state index in [1.54, 1.807) is 0 Å². The van der Waals surface area contributed by atoms with Gasteiger partial charge in [-0.25, -0.2) is 0 Å². The van der Waals surface area contributed by atoms with Crippen molar-refractivity contribution in [3.63, 3.8) is 0 Å². The molecule has 1 aromatic rings. The number of rotatable bonds is 6. The van der Waals surface area contributed by atoms with Gasteiger partial charge < -0.3 is 10.4 Å². The molecule has 1 atom stereocenters. The molecule has 1 aromatic carbocycles. The smallest absolute Gasteiger partial charge is 0.322 e. The first-order chi connectivity index (χ1) is 8.13. The fourth-order valence-corrected chi connectivity index (χ4v) is 1.95.